The van der Waals surface area contributed by atoms with Crippen molar-refractivity contribution in [3.63, 3.8) is 0 Å². The molecule has 0 unspecified atom stereocenters. The van der Waals surface area contributed by atoms with E-state index in [9.17, 15) is 14.4 Å². The summed E-state index contributed by atoms with van der Waals surface area (Å²) in [6.07, 6.45) is 0.625. The first-order chi connectivity index (χ1) is 13.9. The van der Waals surface area contributed by atoms with E-state index in [0.717, 1.165) is 5.56 Å². The highest BCUT2D eigenvalue weighted by Gasteiger charge is 2.18. The molecule has 0 radical (unpaired) electrons. The number of fused-ring (bicyclic) bond motifs is 1. The maximum absolute atomic E-state index is 13.1. The summed E-state index contributed by atoms with van der Waals surface area (Å²) >= 11 is 0. The largest absolute Gasteiger partial charge is 0.495 e. The van der Waals surface area contributed by atoms with Gasteiger partial charge in [-0.05, 0) is 50.1 Å². The molecule has 7 heteroatoms. The zero-order valence-electron chi connectivity index (χ0n) is 17.1. The van der Waals surface area contributed by atoms with Crippen LogP contribution in [-0.4, -0.2) is 22.2 Å². The average molecular weight is 395 g/mol. The van der Waals surface area contributed by atoms with Gasteiger partial charge < -0.3 is 10.1 Å². The number of hydrogen-bond acceptors (Lipinski definition) is 4. The first-order valence-corrected chi connectivity index (χ1v) is 9.56. The van der Waals surface area contributed by atoms with Crippen molar-refractivity contribution in [3.8, 4) is 5.75 Å². The van der Waals surface area contributed by atoms with Crippen molar-refractivity contribution in [3.05, 3.63) is 68.9 Å². The first-order valence-electron chi connectivity index (χ1n) is 9.56. The third kappa shape index (κ3) is 3.94. The Balaban J connectivity index is 2.06. The average Bonchev–Trinajstić information content (AvgIpc) is 2.71. The quantitative estimate of drug-likeness (QED) is 0.695. The van der Waals surface area contributed by atoms with Crippen molar-refractivity contribution >= 4 is 22.5 Å². The van der Waals surface area contributed by atoms with Gasteiger partial charge in [-0.25, -0.2) is 4.79 Å². The van der Waals surface area contributed by atoms with Gasteiger partial charge in [-0.15, -0.1) is 0 Å². The van der Waals surface area contributed by atoms with Crippen LogP contribution in [-0.2, 0) is 11.3 Å². The molecule has 2 aromatic carbocycles. The number of rotatable bonds is 6. The number of nitrogens with zero attached hydrogens (tertiary/aromatic N) is 2. The number of benzene rings is 2. The SMILES string of the molecule is CC[C@@H](C)n1c(=O)c2ccccc2n(CC(=O)Nc2cc(C)ccc2OC)c1=O. The zero-order valence-corrected chi connectivity index (χ0v) is 17.1. The molecule has 1 atom stereocenters. The number of carbonyl (C=O) groups is 1. The summed E-state index contributed by atoms with van der Waals surface area (Å²) in [5, 5.41) is 3.22. The molecule has 1 aromatic heterocycles. The lowest BCUT2D eigenvalue weighted by Gasteiger charge is -2.18. The van der Waals surface area contributed by atoms with E-state index in [4.69, 9.17) is 4.74 Å². The van der Waals surface area contributed by atoms with Gasteiger partial charge >= 0.3 is 5.69 Å². The van der Waals surface area contributed by atoms with E-state index in [0.29, 0.717) is 28.8 Å². The molecule has 29 heavy (non-hydrogen) atoms. The number of hydrogen-bond donors (Lipinski definition) is 1. The molecule has 152 valence electrons. The number of methoxy groups -OCH3 is 1. The van der Waals surface area contributed by atoms with Crippen LogP contribution in [0.3, 0.4) is 0 Å². The van der Waals surface area contributed by atoms with E-state index in [-0.39, 0.29) is 24.1 Å². The normalized spacial score (nSPS) is 12.0. The van der Waals surface area contributed by atoms with E-state index >= 15 is 0 Å². The second-order valence-corrected chi connectivity index (χ2v) is 7.07. The molecule has 0 fully saturated rings. The molecule has 0 aliphatic heterocycles. The minimum absolute atomic E-state index is 0.215. The Labute approximate surface area is 168 Å². The van der Waals surface area contributed by atoms with Gasteiger partial charge in [-0.3, -0.25) is 18.7 Å². The molecule has 0 bridgehead atoms. The van der Waals surface area contributed by atoms with E-state index in [1.807, 2.05) is 26.8 Å². The fourth-order valence-electron chi connectivity index (χ4n) is 3.32. The lowest BCUT2D eigenvalue weighted by Crippen LogP contribution is -2.43. The van der Waals surface area contributed by atoms with Gasteiger partial charge in [0.2, 0.25) is 5.91 Å². The summed E-state index contributed by atoms with van der Waals surface area (Å²) in [7, 11) is 1.53. The number of aromatic nitrogens is 2. The second kappa shape index (κ2) is 8.34. The third-order valence-corrected chi connectivity index (χ3v) is 5.04. The molecule has 0 saturated carbocycles. The Morgan fingerprint density at radius 1 is 1.17 bits per heavy atom. The minimum atomic E-state index is -0.491. The number of ether oxygens (including phenoxy) is 1. The summed E-state index contributed by atoms with van der Waals surface area (Å²) in [5.74, 6) is 0.154. The van der Waals surface area contributed by atoms with Crippen molar-refractivity contribution in [1.82, 2.24) is 9.13 Å². The Bertz CT molecular complexity index is 1180. The minimum Gasteiger partial charge on any atom is -0.495 e. The van der Waals surface area contributed by atoms with Crippen molar-refractivity contribution in [1.29, 1.82) is 0 Å². The highest BCUT2D eigenvalue weighted by atomic mass is 16.5. The Morgan fingerprint density at radius 3 is 2.59 bits per heavy atom. The Morgan fingerprint density at radius 2 is 1.90 bits per heavy atom. The number of amides is 1. The maximum atomic E-state index is 13.1. The van der Waals surface area contributed by atoms with Crippen LogP contribution in [0.5, 0.6) is 5.75 Å². The molecule has 0 aliphatic rings. The van der Waals surface area contributed by atoms with Crippen molar-refractivity contribution < 1.29 is 9.53 Å². The molecular formula is C22H25N3O4. The topological polar surface area (TPSA) is 82.3 Å². The monoisotopic (exact) mass is 395 g/mol. The van der Waals surface area contributed by atoms with Gasteiger partial charge in [0, 0.05) is 6.04 Å². The fraction of sp³-hybridized carbons (Fsp3) is 0.318. The van der Waals surface area contributed by atoms with Gasteiger partial charge in [-0.2, -0.15) is 0 Å². The second-order valence-electron chi connectivity index (χ2n) is 7.07. The highest BCUT2D eigenvalue weighted by Crippen LogP contribution is 2.25. The van der Waals surface area contributed by atoms with Crippen LogP contribution in [0.25, 0.3) is 10.9 Å². The van der Waals surface area contributed by atoms with Crippen LogP contribution in [0.1, 0.15) is 31.9 Å². The Hall–Kier alpha value is -3.35. The standard InChI is InChI=1S/C22H25N3O4/c1-5-15(3)25-21(27)16-8-6-7-9-18(16)24(22(25)28)13-20(26)23-17-12-14(2)10-11-19(17)29-4/h6-12,15H,5,13H2,1-4H3,(H,23,26)/t15-/m1/s1. The molecule has 3 aromatic rings. The molecule has 1 heterocycles. The van der Waals surface area contributed by atoms with E-state index < -0.39 is 5.69 Å². The van der Waals surface area contributed by atoms with Crippen LogP contribution in [0.2, 0.25) is 0 Å². The van der Waals surface area contributed by atoms with Crippen molar-refractivity contribution in [2.45, 2.75) is 39.8 Å². The van der Waals surface area contributed by atoms with E-state index in [2.05, 4.69) is 5.32 Å². The van der Waals surface area contributed by atoms with Gasteiger partial charge in [0.1, 0.15) is 12.3 Å². The summed E-state index contributed by atoms with van der Waals surface area (Å²) in [6.45, 7) is 5.43. The molecular weight excluding hydrogens is 370 g/mol. The van der Waals surface area contributed by atoms with E-state index in [1.165, 1.54) is 16.2 Å². The smallest absolute Gasteiger partial charge is 0.332 e. The van der Waals surface area contributed by atoms with Crippen LogP contribution in [0.4, 0.5) is 5.69 Å². The molecule has 0 aliphatic carbocycles. The molecule has 7 nitrogen and oxygen atoms in total. The van der Waals surface area contributed by atoms with Crippen molar-refractivity contribution in [2.24, 2.45) is 0 Å². The fourth-order valence-corrected chi connectivity index (χ4v) is 3.32. The number of para-hydroxylation sites is 1. The lowest BCUT2D eigenvalue weighted by atomic mass is 10.2. The predicted octanol–water partition coefficient (Wildman–Crippen LogP) is 3.09. The van der Waals surface area contributed by atoms with Crippen LogP contribution < -0.4 is 21.3 Å². The molecule has 1 amide bonds. The summed E-state index contributed by atoms with van der Waals surface area (Å²) in [6, 6.07) is 12.0. The van der Waals surface area contributed by atoms with Gasteiger partial charge in [0.25, 0.3) is 5.56 Å². The summed E-state index contributed by atoms with van der Waals surface area (Å²) < 4.78 is 7.87. The maximum Gasteiger partial charge on any atom is 0.332 e. The highest BCUT2D eigenvalue weighted by molar-refractivity contribution is 5.93. The van der Waals surface area contributed by atoms with Gasteiger partial charge in [0.05, 0.1) is 23.7 Å². The molecule has 3 rings (SSSR count). The molecule has 0 spiro atoms. The van der Waals surface area contributed by atoms with E-state index in [1.54, 1.807) is 36.4 Å². The number of aryl methyl sites for hydroxylation is 1. The van der Waals surface area contributed by atoms with Gasteiger partial charge in [-0.1, -0.05) is 25.1 Å². The van der Waals surface area contributed by atoms with Crippen molar-refractivity contribution in [2.75, 3.05) is 12.4 Å². The third-order valence-electron chi connectivity index (χ3n) is 5.04. The Kier molecular flexibility index (Phi) is 5.87. The summed E-state index contributed by atoms with van der Waals surface area (Å²) in [4.78, 5) is 38.7. The van der Waals surface area contributed by atoms with Crippen LogP contribution in [0, 0.1) is 6.92 Å². The van der Waals surface area contributed by atoms with Crippen LogP contribution in [0.15, 0.2) is 52.1 Å². The lowest BCUT2D eigenvalue weighted by molar-refractivity contribution is -0.116. The first kappa shape index (κ1) is 20.4. The summed E-state index contributed by atoms with van der Waals surface area (Å²) in [5.41, 5.74) is 1.11. The number of carbonyl (C=O) groups excluding carboxylic acids is 1. The van der Waals surface area contributed by atoms with Gasteiger partial charge in [0.15, 0.2) is 0 Å². The molecule has 1 N–H and O–H groups in total. The number of nitrogens with one attached hydrogen (secondary N) is 1. The molecule has 0 saturated heterocycles. The zero-order chi connectivity index (χ0) is 21.1. The number of anilines is 1. The predicted molar refractivity (Wildman–Crippen MR) is 114 cm³/mol. The van der Waals surface area contributed by atoms with Crippen LogP contribution >= 0.6 is 0 Å².